The van der Waals surface area contributed by atoms with Crippen molar-refractivity contribution in [2.24, 2.45) is 0 Å². The Bertz CT molecular complexity index is 299. The number of hydrogen-bond acceptors (Lipinski definition) is 1. The Morgan fingerprint density at radius 1 is 1.00 bits per heavy atom. The summed E-state index contributed by atoms with van der Waals surface area (Å²) in [5.74, 6) is 0. The minimum atomic E-state index is 0.601. The maximum Gasteiger partial charge on any atom is 0.0441 e. The van der Waals surface area contributed by atoms with E-state index in [2.05, 4.69) is 5.32 Å². The van der Waals surface area contributed by atoms with Gasteiger partial charge in [-0.3, -0.25) is 0 Å². The SMILES string of the molecule is Clc1cc(Cl)cc(NC2CCCC2)c1. The van der Waals surface area contributed by atoms with Crippen LogP contribution in [0.3, 0.4) is 0 Å². The summed E-state index contributed by atoms with van der Waals surface area (Å²) in [5.41, 5.74) is 1.04. The van der Waals surface area contributed by atoms with Crippen LogP contribution in [0.5, 0.6) is 0 Å². The third-order valence-corrected chi connectivity index (χ3v) is 3.02. The molecule has 1 nitrogen and oxygen atoms in total. The maximum atomic E-state index is 5.91. The molecule has 1 aromatic rings. The summed E-state index contributed by atoms with van der Waals surface area (Å²) < 4.78 is 0. The molecule has 0 unspecified atom stereocenters. The summed E-state index contributed by atoms with van der Waals surface area (Å²) >= 11 is 11.8. The van der Waals surface area contributed by atoms with Gasteiger partial charge in [0.05, 0.1) is 0 Å². The van der Waals surface area contributed by atoms with Gasteiger partial charge in [-0.1, -0.05) is 36.0 Å². The molecule has 0 bridgehead atoms. The molecule has 0 aromatic heterocycles. The number of rotatable bonds is 2. The average Bonchev–Trinajstić information content (AvgIpc) is 2.54. The Morgan fingerprint density at radius 3 is 2.14 bits per heavy atom. The molecule has 1 aliphatic carbocycles. The van der Waals surface area contributed by atoms with E-state index in [-0.39, 0.29) is 0 Å². The maximum absolute atomic E-state index is 5.91. The largest absolute Gasteiger partial charge is 0.382 e. The van der Waals surface area contributed by atoms with E-state index in [0.29, 0.717) is 16.1 Å². The van der Waals surface area contributed by atoms with Gasteiger partial charge in [0.25, 0.3) is 0 Å². The van der Waals surface area contributed by atoms with Crippen molar-refractivity contribution in [3.8, 4) is 0 Å². The van der Waals surface area contributed by atoms with Crippen LogP contribution in [0.25, 0.3) is 0 Å². The van der Waals surface area contributed by atoms with Crippen LogP contribution in [-0.4, -0.2) is 6.04 Å². The topological polar surface area (TPSA) is 12.0 Å². The van der Waals surface area contributed by atoms with E-state index < -0.39 is 0 Å². The van der Waals surface area contributed by atoms with Crippen molar-refractivity contribution in [2.45, 2.75) is 31.7 Å². The second-order valence-corrected chi connectivity index (χ2v) is 4.66. The van der Waals surface area contributed by atoms with Crippen LogP contribution < -0.4 is 5.32 Å². The van der Waals surface area contributed by atoms with Crippen LogP contribution in [0, 0.1) is 0 Å². The van der Waals surface area contributed by atoms with Gasteiger partial charge in [-0.2, -0.15) is 0 Å². The highest BCUT2D eigenvalue weighted by Crippen LogP contribution is 2.26. The second kappa shape index (κ2) is 4.41. The van der Waals surface area contributed by atoms with Crippen molar-refractivity contribution in [1.82, 2.24) is 0 Å². The van der Waals surface area contributed by atoms with Crippen molar-refractivity contribution in [2.75, 3.05) is 5.32 Å². The Kier molecular flexibility index (Phi) is 3.19. The highest BCUT2D eigenvalue weighted by Gasteiger charge is 2.14. The molecule has 0 atom stereocenters. The normalized spacial score (nSPS) is 17.3. The summed E-state index contributed by atoms with van der Waals surface area (Å²) in [6.45, 7) is 0. The molecule has 0 saturated heterocycles. The summed E-state index contributed by atoms with van der Waals surface area (Å²) in [6, 6.07) is 6.20. The molecule has 76 valence electrons. The summed E-state index contributed by atoms with van der Waals surface area (Å²) in [7, 11) is 0. The van der Waals surface area contributed by atoms with Gasteiger partial charge >= 0.3 is 0 Å². The predicted octanol–water partition coefficient (Wildman–Crippen LogP) is 4.35. The monoisotopic (exact) mass is 229 g/mol. The van der Waals surface area contributed by atoms with Crippen LogP contribution >= 0.6 is 23.2 Å². The van der Waals surface area contributed by atoms with Gasteiger partial charge in [0.2, 0.25) is 0 Å². The van der Waals surface area contributed by atoms with Gasteiger partial charge in [0.1, 0.15) is 0 Å². The number of anilines is 1. The van der Waals surface area contributed by atoms with Crippen LogP contribution in [0.2, 0.25) is 10.0 Å². The van der Waals surface area contributed by atoms with Crippen molar-refractivity contribution < 1.29 is 0 Å². The lowest BCUT2D eigenvalue weighted by Crippen LogP contribution is -2.14. The van der Waals surface area contributed by atoms with Crippen LogP contribution in [0.15, 0.2) is 18.2 Å². The molecule has 1 aliphatic rings. The van der Waals surface area contributed by atoms with E-state index in [4.69, 9.17) is 23.2 Å². The highest BCUT2D eigenvalue weighted by atomic mass is 35.5. The predicted molar refractivity (Wildman–Crippen MR) is 62.3 cm³/mol. The van der Waals surface area contributed by atoms with E-state index in [9.17, 15) is 0 Å². The lowest BCUT2D eigenvalue weighted by Gasteiger charge is -2.13. The molecule has 14 heavy (non-hydrogen) atoms. The quantitative estimate of drug-likeness (QED) is 0.796. The van der Waals surface area contributed by atoms with Crippen molar-refractivity contribution in [3.63, 3.8) is 0 Å². The van der Waals surface area contributed by atoms with E-state index in [1.54, 1.807) is 6.07 Å². The van der Waals surface area contributed by atoms with Gasteiger partial charge in [0, 0.05) is 21.8 Å². The first-order valence-electron chi connectivity index (χ1n) is 4.97. The van der Waals surface area contributed by atoms with Gasteiger partial charge < -0.3 is 5.32 Å². The molecular formula is C11H13Cl2N. The van der Waals surface area contributed by atoms with E-state index in [0.717, 1.165) is 5.69 Å². The fourth-order valence-electron chi connectivity index (χ4n) is 1.94. The smallest absolute Gasteiger partial charge is 0.0441 e. The molecule has 1 N–H and O–H groups in total. The lowest BCUT2D eigenvalue weighted by atomic mass is 10.2. The molecule has 1 aromatic carbocycles. The molecule has 0 radical (unpaired) electrons. The zero-order valence-electron chi connectivity index (χ0n) is 7.89. The van der Waals surface area contributed by atoms with Gasteiger partial charge in [-0.25, -0.2) is 0 Å². The number of nitrogens with one attached hydrogen (secondary N) is 1. The van der Waals surface area contributed by atoms with E-state index in [1.807, 2.05) is 12.1 Å². The zero-order valence-corrected chi connectivity index (χ0v) is 9.41. The molecule has 0 spiro atoms. The first kappa shape index (κ1) is 10.1. The average molecular weight is 230 g/mol. The summed E-state index contributed by atoms with van der Waals surface area (Å²) in [6.07, 6.45) is 5.16. The molecule has 0 amide bonds. The first-order valence-corrected chi connectivity index (χ1v) is 5.72. The third kappa shape index (κ3) is 2.55. The molecule has 2 rings (SSSR count). The summed E-state index contributed by atoms with van der Waals surface area (Å²) in [4.78, 5) is 0. The Hall–Kier alpha value is -0.400. The van der Waals surface area contributed by atoms with Crippen LogP contribution in [0.4, 0.5) is 5.69 Å². The fraction of sp³-hybridized carbons (Fsp3) is 0.455. The number of hydrogen-bond donors (Lipinski definition) is 1. The standard InChI is InChI=1S/C11H13Cl2N/c12-8-5-9(13)7-11(6-8)14-10-3-1-2-4-10/h5-7,10,14H,1-4H2. The van der Waals surface area contributed by atoms with Crippen LogP contribution in [0.1, 0.15) is 25.7 Å². The van der Waals surface area contributed by atoms with E-state index >= 15 is 0 Å². The third-order valence-electron chi connectivity index (χ3n) is 2.59. The molecule has 1 fully saturated rings. The molecular weight excluding hydrogens is 217 g/mol. The Morgan fingerprint density at radius 2 is 1.57 bits per heavy atom. The zero-order chi connectivity index (χ0) is 9.97. The Labute approximate surface area is 94.4 Å². The van der Waals surface area contributed by atoms with Crippen molar-refractivity contribution in [3.05, 3.63) is 28.2 Å². The first-order chi connectivity index (χ1) is 6.74. The molecule has 3 heteroatoms. The molecule has 0 heterocycles. The van der Waals surface area contributed by atoms with Crippen molar-refractivity contribution in [1.29, 1.82) is 0 Å². The van der Waals surface area contributed by atoms with Gasteiger partial charge in [-0.05, 0) is 31.0 Å². The summed E-state index contributed by atoms with van der Waals surface area (Å²) in [5, 5.41) is 4.84. The van der Waals surface area contributed by atoms with Gasteiger partial charge in [-0.15, -0.1) is 0 Å². The fourth-order valence-corrected chi connectivity index (χ4v) is 2.47. The second-order valence-electron chi connectivity index (χ2n) is 3.78. The molecule has 1 saturated carbocycles. The van der Waals surface area contributed by atoms with E-state index in [1.165, 1.54) is 25.7 Å². The lowest BCUT2D eigenvalue weighted by molar-refractivity contribution is 0.755. The van der Waals surface area contributed by atoms with Crippen LogP contribution in [-0.2, 0) is 0 Å². The highest BCUT2D eigenvalue weighted by molar-refractivity contribution is 6.35. The number of benzene rings is 1. The molecule has 0 aliphatic heterocycles. The number of halogens is 2. The minimum absolute atomic E-state index is 0.601. The minimum Gasteiger partial charge on any atom is -0.382 e. The van der Waals surface area contributed by atoms with Gasteiger partial charge in [0.15, 0.2) is 0 Å². The van der Waals surface area contributed by atoms with Crippen molar-refractivity contribution >= 4 is 28.9 Å². The Balaban J connectivity index is 2.07.